The Balaban J connectivity index is 2.44. The molecule has 14 heavy (non-hydrogen) atoms. The van der Waals surface area contributed by atoms with Gasteiger partial charge in [0.05, 0.1) is 6.26 Å². The van der Waals surface area contributed by atoms with E-state index in [-0.39, 0.29) is 0 Å². The van der Waals surface area contributed by atoms with Crippen molar-refractivity contribution in [2.24, 2.45) is 5.92 Å². The molecule has 1 saturated heterocycles. The Bertz CT molecular complexity index is 264. The lowest BCUT2D eigenvalue weighted by atomic mass is 10.00. The van der Waals surface area contributed by atoms with Crippen molar-refractivity contribution in [1.29, 1.82) is 0 Å². The van der Waals surface area contributed by atoms with Gasteiger partial charge < -0.3 is 5.32 Å². The third-order valence-corrected chi connectivity index (χ3v) is 3.90. The summed E-state index contributed by atoms with van der Waals surface area (Å²) in [6, 6.07) is 0. The van der Waals surface area contributed by atoms with Gasteiger partial charge in [0.2, 0.25) is 10.0 Å². The lowest BCUT2D eigenvalue weighted by molar-refractivity contribution is 0.262. The Labute approximate surface area is 86.7 Å². The summed E-state index contributed by atoms with van der Waals surface area (Å²) in [6.07, 6.45) is 3.42. The first kappa shape index (κ1) is 11.9. The van der Waals surface area contributed by atoms with Crippen molar-refractivity contribution in [3.05, 3.63) is 0 Å². The Hall–Kier alpha value is -0.130. The van der Waals surface area contributed by atoms with E-state index in [0.29, 0.717) is 19.0 Å². The van der Waals surface area contributed by atoms with E-state index in [9.17, 15) is 8.42 Å². The van der Waals surface area contributed by atoms with E-state index in [0.717, 1.165) is 25.9 Å². The molecule has 0 aromatic rings. The molecule has 0 aromatic heterocycles. The summed E-state index contributed by atoms with van der Waals surface area (Å²) in [5.41, 5.74) is 0. The van der Waals surface area contributed by atoms with Crippen LogP contribution in [0.25, 0.3) is 0 Å². The molecule has 1 N–H and O–H groups in total. The average Bonchev–Trinajstić information content (AvgIpc) is 2.14. The molecule has 1 heterocycles. The normalized spacial score (nSPS) is 25.1. The molecule has 1 rings (SSSR count). The van der Waals surface area contributed by atoms with Crippen LogP contribution in [0.4, 0.5) is 0 Å². The zero-order valence-corrected chi connectivity index (χ0v) is 9.81. The fourth-order valence-corrected chi connectivity index (χ4v) is 2.79. The van der Waals surface area contributed by atoms with Crippen molar-refractivity contribution in [2.45, 2.75) is 19.8 Å². The van der Waals surface area contributed by atoms with Gasteiger partial charge in [0, 0.05) is 13.1 Å². The second-order valence-electron chi connectivity index (χ2n) is 3.94. The van der Waals surface area contributed by atoms with Crippen LogP contribution in [0.3, 0.4) is 0 Å². The Kier molecular flexibility index (Phi) is 4.34. The molecule has 1 unspecified atom stereocenters. The third-order valence-electron chi connectivity index (χ3n) is 2.63. The van der Waals surface area contributed by atoms with Crippen molar-refractivity contribution in [3.63, 3.8) is 0 Å². The van der Waals surface area contributed by atoms with Crippen LogP contribution in [0.2, 0.25) is 0 Å². The minimum Gasteiger partial charge on any atom is -0.317 e. The SMILES string of the molecule is CCNCC1CCCN(S(C)(=O)=O)C1. The van der Waals surface area contributed by atoms with Gasteiger partial charge in [-0.25, -0.2) is 12.7 Å². The monoisotopic (exact) mass is 220 g/mol. The third kappa shape index (κ3) is 3.55. The smallest absolute Gasteiger partial charge is 0.211 e. The standard InChI is InChI=1S/C9H20N2O2S/c1-3-10-7-9-5-4-6-11(8-9)14(2,12)13/h9-10H,3-8H2,1-2H3. The highest BCUT2D eigenvalue weighted by Gasteiger charge is 2.25. The molecule has 1 fully saturated rings. The van der Waals surface area contributed by atoms with E-state index in [1.807, 2.05) is 0 Å². The minimum absolute atomic E-state index is 0.485. The maximum Gasteiger partial charge on any atom is 0.211 e. The Morgan fingerprint density at radius 2 is 2.21 bits per heavy atom. The molecule has 1 atom stereocenters. The van der Waals surface area contributed by atoms with E-state index in [1.165, 1.54) is 6.26 Å². The molecular formula is C9H20N2O2S. The highest BCUT2D eigenvalue weighted by molar-refractivity contribution is 7.88. The summed E-state index contributed by atoms with van der Waals surface area (Å²) in [6.45, 7) is 5.34. The summed E-state index contributed by atoms with van der Waals surface area (Å²) < 4.78 is 24.2. The molecule has 4 nitrogen and oxygen atoms in total. The van der Waals surface area contributed by atoms with Gasteiger partial charge in [0.1, 0.15) is 0 Å². The molecule has 84 valence electrons. The van der Waals surface area contributed by atoms with Crippen LogP contribution >= 0.6 is 0 Å². The van der Waals surface area contributed by atoms with Crippen LogP contribution in [-0.4, -0.2) is 45.2 Å². The molecule has 0 radical (unpaired) electrons. The van der Waals surface area contributed by atoms with Crippen LogP contribution in [0.1, 0.15) is 19.8 Å². The largest absolute Gasteiger partial charge is 0.317 e. The predicted molar refractivity (Wildman–Crippen MR) is 57.7 cm³/mol. The van der Waals surface area contributed by atoms with Crippen LogP contribution < -0.4 is 5.32 Å². The summed E-state index contributed by atoms with van der Waals surface area (Å²) in [5, 5.41) is 3.27. The Morgan fingerprint density at radius 3 is 2.79 bits per heavy atom. The van der Waals surface area contributed by atoms with Gasteiger partial charge in [0.25, 0.3) is 0 Å². The van der Waals surface area contributed by atoms with Crippen molar-refractivity contribution in [2.75, 3.05) is 32.4 Å². The van der Waals surface area contributed by atoms with Gasteiger partial charge in [-0.15, -0.1) is 0 Å². The zero-order chi connectivity index (χ0) is 10.6. The number of hydrogen-bond acceptors (Lipinski definition) is 3. The van der Waals surface area contributed by atoms with E-state index < -0.39 is 10.0 Å². The predicted octanol–water partition coefficient (Wildman–Crippen LogP) is 0.267. The molecular weight excluding hydrogens is 200 g/mol. The molecule has 5 heteroatoms. The minimum atomic E-state index is -2.98. The van der Waals surface area contributed by atoms with E-state index in [2.05, 4.69) is 12.2 Å². The first-order chi connectivity index (χ1) is 6.54. The second-order valence-corrected chi connectivity index (χ2v) is 5.92. The van der Waals surface area contributed by atoms with Crippen molar-refractivity contribution >= 4 is 10.0 Å². The van der Waals surface area contributed by atoms with Gasteiger partial charge in [-0.05, 0) is 31.8 Å². The topological polar surface area (TPSA) is 49.4 Å². The fraction of sp³-hybridized carbons (Fsp3) is 1.00. The number of rotatable bonds is 4. The fourth-order valence-electron chi connectivity index (χ4n) is 1.84. The quantitative estimate of drug-likeness (QED) is 0.740. The number of nitrogens with one attached hydrogen (secondary N) is 1. The van der Waals surface area contributed by atoms with E-state index >= 15 is 0 Å². The van der Waals surface area contributed by atoms with Gasteiger partial charge in [-0.3, -0.25) is 0 Å². The lowest BCUT2D eigenvalue weighted by Crippen LogP contribution is -2.42. The molecule has 1 aliphatic heterocycles. The molecule has 0 spiro atoms. The average molecular weight is 220 g/mol. The Morgan fingerprint density at radius 1 is 1.50 bits per heavy atom. The highest BCUT2D eigenvalue weighted by Crippen LogP contribution is 2.17. The molecule has 0 saturated carbocycles. The van der Waals surface area contributed by atoms with Gasteiger partial charge >= 0.3 is 0 Å². The summed E-state index contributed by atoms with van der Waals surface area (Å²) in [7, 11) is -2.98. The van der Waals surface area contributed by atoms with E-state index in [4.69, 9.17) is 0 Å². The first-order valence-corrected chi connectivity index (χ1v) is 7.04. The molecule has 0 aliphatic carbocycles. The van der Waals surface area contributed by atoms with Crippen LogP contribution in [0, 0.1) is 5.92 Å². The number of sulfonamides is 1. The van der Waals surface area contributed by atoms with Crippen LogP contribution in [-0.2, 0) is 10.0 Å². The number of piperidine rings is 1. The molecule has 1 aliphatic rings. The van der Waals surface area contributed by atoms with Gasteiger partial charge in [-0.2, -0.15) is 0 Å². The molecule has 0 aromatic carbocycles. The zero-order valence-electron chi connectivity index (χ0n) is 8.99. The maximum absolute atomic E-state index is 11.3. The summed E-state index contributed by atoms with van der Waals surface area (Å²) in [5.74, 6) is 0.485. The molecule has 0 amide bonds. The second kappa shape index (κ2) is 5.09. The summed E-state index contributed by atoms with van der Waals surface area (Å²) in [4.78, 5) is 0. The van der Waals surface area contributed by atoms with Gasteiger partial charge in [0.15, 0.2) is 0 Å². The maximum atomic E-state index is 11.3. The van der Waals surface area contributed by atoms with Crippen molar-refractivity contribution < 1.29 is 8.42 Å². The highest BCUT2D eigenvalue weighted by atomic mass is 32.2. The summed E-state index contributed by atoms with van der Waals surface area (Å²) >= 11 is 0. The van der Waals surface area contributed by atoms with E-state index in [1.54, 1.807) is 4.31 Å². The first-order valence-electron chi connectivity index (χ1n) is 5.20. The molecule has 0 bridgehead atoms. The number of nitrogens with zero attached hydrogens (tertiary/aromatic N) is 1. The van der Waals surface area contributed by atoms with Crippen molar-refractivity contribution in [3.8, 4) is 0 Å². The number of hydrogen-bond donors (Lipinski definition) is 1. The van der Waals surface area contributed by atoms with Crippen LogP contribution in [0.15, 0.2) is 0 Å². The van der Waals surface area contributed by atoms with Crippen LogP contribution in [0.5, 0.6) is 0 Å². The van der Waals surface area contributed by atoms with Gasteiger partial charge in [-0.1, -0.05) is 6.92 Å². The van der Waals surface area contributed by atoms with Crippen molar-refractivity contribution in [1.82, 2.24) is 9.62 Å². The lowest BCUT2D eigenvalue weighted by Gasteiger charge is -2.30.